The number of benzene rings is 1. The summed E-state index contributed by atoms with van der Waals surface area (Å²) in [5.74, 6) is 2.30. The van der Waals surface area contributed by atoms with Crippen molar-refractivity contribution in [2.24, 2.45) is 5.92 Å². The van der Waals surface area contributed by atoms with Gasteiger partial charge in [-0.2, -0.15) is 0 Å². The Morgan fingerprint density at radius 1 is 1.37 bits per heavy atom. The Balaban J connectivity index is 1.52. The number of hydrogen-bond acceptors (Lipinski definition) is 4. The second kappa shape index (κ2) is 5.39. The van der Waals surface area contributed by atoms with E-state index in [2.05, 4.69) is 12.2 Å². The number of hydrogen-bond donors (Lipinski definition) is 2. The van der Waals surface area contributed by atoms with Crippen molar-refractivity contribution in [3.05, 3.63) is 23.8 Å². The summed E-state index contributed by atoms with van der Waals surface area (Å²) < 4.78 is 10.6. The average molecular weight is 263 g/mol. The Hall–Kier alpha value is -1.26. The fraction of sp³-hybridized carbons (Fsp3) is 0.600. The summed E-state index contributed by atoms with van der Waals surface area (Å²) in [6.45, 7) is 3.09. The molecular formula is C15H21NO3. The predicted molar refractivity (Wildman–Crippen MR) is 72.3 cm³/mol. The lowest BCUT2D eigenvalue weighted by molar-refractivity contribution is 0.169. The van der Waals surface area contributed by atoms with Crippen LogP contribution in [0.4, 0.5) is 0 Å². The lowest BCUT2D eigenvalue weighted by Gasteiger charge is -2.12. The third kappa shape index (κ3) is 2.85. The van der Waals surface area contributed by atoms with Crippen molar-refractivity contribution in [1.29, 1.82) is 0 Å². The van der Waals surface area contributed by atoms with Crippen LogP contribution < -0.4 is 14.8 Å². The van der Waals surface area contributed by atoms with Gasteiger partial charge in [-0.3, -0.25) is 0 Å². The maximum atomic E-state index is 10.2. The number of nitrogens with one attached hydrogen (secondary N) is 1. The molecule has 1 saturated carbocycles. The summed E-state index contributed by atoms with van der Waals surface area (Å²) in [4.78, 5) is 0. The summed E-state index contributed by atoms with van der Waals surface area (Å²) in [5, 5.41) is 13.6. The molecule has 4 nitrogen and oxygen atoms in total. The van der Waals surface area contributed by atoms with E-state index in [1.165, 1.54) is 19.3 Å². The van der Waals surface area contributed by atoms with Gasteiger partial charge in [-0.15, -0.1) is 0 Å². The monoisotopic (exact) mass is 263 g/mol. The zero-order valence-electron chi connectivity index (χ0n) is 11.3. The van der Waals surface area contributed by atoms with E-state index < -0.39 is 6.10 Å². The standard InChI is InChI=1S/C15H21NO3/c1-2-3-10-6-12(10)16-8-13(17)11-4-5-14-15(7-11)19-9-18-14/h4-5,7,10,12-13,16-17H,2-3,6,8-9H2,1H3. The van der Waals surface area contributed by atoms with E-state index in [1.807, 2.05) is 18.2 Å². The van der Waals surface area contributed by atoms with Crippen molar-refractivity contribution in [3.8, 4) is 11.5 Å². The molecule has 1 aromatic rings. The Bertz CT molecular complexity index is 449. The Labute approximate surface area is 113 Å². The Morgan fingerprint density at radius 3 is 3.05 bits per heavy atom. The first-order valence-corrected chi connectivity index (χ1v) is 7.09. The first kappa shape index (κ1) is 12.8. The molecule has 3 atom stereocenters. The highest BCUT2D eigenvalue weighted by atomic mass is 16.7. The molecule has 0 spiro atoms. The number of rotatable bonds is 6. The highest BCUT2D eigenvalue weighted by Gasteiger charge is 2.35. The molecule has 0 bridgehead atoms. The zero-order chi connectivity index (χ0) is 13.2. The van der Waals surface area contributed by atoms with Crippen LogP contribution in [0, 0.1) is 5.92 Å². The van der Waals surface area contributed by atoms with Crippen molar-refractivity contribution in [2.75, 3.05) is 13.3 Å². The average Bonchev–Trinajstić information content (AvgIpc) is 2.99. The third-order valence-electron chi connectivity index (χ3n) is 3.94. The fourth-order valence-electron chi connectivity index (χ4n) is 2.69. The van der Waals surface area contributed by atoms with Crippen molar-refractivity contribution >= 4 is 0 Å². The molecule has 1 heterocycles. The maximum Gasteiger partial charge on any atom is 0.231 e. The minimum Gasteiger partial charge on any atom is -0.454 e. The summed E-state index contributed by atoms with van der Waals surface area (Å²) in [6.07, 6.45) is 3.30. The van der Waals surface area contributed by atoms with Gasteiger partial charge in [-0.05, 0) is 36.5 Å². The largest absolute Gasteiger partial charge is 0.454 e. The molecule has 2 aliphatic rings. The van der Waals surface area contributed by atoms with Crippen LogP contribution in [-0.2, 0) is 0 Å². The Kier molecular flexibility index (Phi) is 3.62. The van der Waals surface area contributed by atoms with Gasteiger partial charge in [0.25, 0.3) is 0 Å². The molecule has 1 aromatic carbocycles. The van der Waals surface area contributed by atoms with Crippen molar-refractivity contribution in [3.63, 3.8) is 0 Å². The molecule has 0 saturated heterocycles. The van der Waals surface area contributed by atoms with Crippen LogP contribution in [-0.4, -0.2) is 24.5 Å². The SMILES string of the molecule is CCCC1CC1NCC(O)c1ccc2c(c1)OCO2. The number of ether oxygens (including phenoxy) is 2. The van der Waals surface area contributed by atoms with E-state index in [-0.39, 0.29) is 6.79 Å². The first-order valence-electron chi connectivity index (χ1n) is 7.09. The summed E-state index contributed by atoms with van der Waals surface area (Å²) in [7, 11) is 0. The van der Waals surface area contributed by atoms with E-state index >= 15 is 0 Å². The molecular weight excluding hydrogens is 242 g/mol. The Morgan fingerprint density at radius 2 is 2.21 bits per heavy atom. The minimum absolute atomic E-state index is 0.272. The molecule has 1 fully saturated rings. The molecule has 4 heteroatoms. The van der Waals surface area contributed by atoms with E-state index in [1.54, 1.807) is 0 Å². The zero-order valence-corrected chi connectivity index (χ0v) is 11.3. The normalized spacial score (nSPS) is 25.4. The minimum atomic E-state index is -0.489. The van der Waals surface area contributed by atoms with Gasteiger partial charge in [0.1, 0.15) is 0 Å². The van der Waals surface area contributed by atoms with Crippen LogP contribution >= 0.6 is 0 Å². The summed E-state index contributed by atoms with van der Waals surface area (Å²) in [6, 6.07) is 6.22. The molecule has 0 radical (unpaired) electrons. The number of fused-ring (bicyclic) bond motifs is 1. The van der Waals surface area contributed by atoms with E-state index in [0.29, 0.717) is 12.6 Å². The fourth-order valence-corrected chi connectivity index (χ4v) is 2.69. The van der Waals surface area contributed by atoms with E-state index in [4.69, 9.17) is 9.47 Å². The van der Waals surface area contributed by atoms with Gasteiger partial charge < -0.3 is 19.9 Å². The summed E-state index contributed by atoms with van der Waals surface area (Å²) in [5.41, 5.74) is 0.879. The van der Waals surface area contributed by atoms with Gasteiger partial charge in [0.15, 0.2) is 11.5 Å². The number of aliphatic hydroxyl groups is 1. The predicted octanol–water partition coefficient (Wildman–Crippen LogP) is 2.23. The van der Waals surface area contributed by atoms with Gasteiger partial charge in [-0.25, -0.2) is 0 Å². The van der Waals surface area contributed by atoms with Crippen LogP contribution in [0.3, 0.4) is 0 Å². The molecule has 104 valence electrons. The van der Waals surface area contributed by atoms with Crippen LogP contribution in [0.15, 0.2) is 18.2 Å². The second-order valence-corrected chi connectivity index (χ2v) is 5.43. The van der Waals surface area contributed by atoms with Crippen LogP contribution in [0.5, 0.6) is 11.5 Å². The van der Waals surface area contributed by atoms with Crippen LogP contribution in [0.1, 0.15) is 37.9 Å². The maximum absolute atomic E-state index is 10.2. The lowest BCUT2D eigenvalue weighted by Crippen LogP contribution is -2.24. The molecule has 0 amide bonds. The first-order chi connectivity index (χ1) is 9.28. The van der Waals surface area contributed by atoms with Gasteiger partial charge in [-0.1, -0.05) is 19.4 Å². The quantitative estimate of drug-likeness (QED) is 0.826. The summed E-state index contributed by atoms with van der Waals surface area (Å²) >= 11 is 0. The third-order valence-corrected chi connectivity index (χ3v) is 3.94. The molecule has 0 aromatic heterocycles. The molecule has 1 aliphatic carbocycles. The van der Waals surface area contributed by atoms with Crippen molar-refractivity contribution in [1.82, 2.24) is 5.32 Å². The highest BCUT2D eigenvalue weighted by Crippen LogP contribution is 2.36. The molecule has 2 N–H and O–H groups in total. The molecule has 19 heavy (non-hydrogen) atoms. The molecule has 3 rings (SSSR count). The molecule has 3 unspecified atom stereocenters. The van der Waals surface area contributed by atoms with Gasteiger partial charge in [0, 0.05) is 12.6 Å². The van der Waals surface area contributed by atoms with Gasteiger partial charge in [0.05, 0.1) is 6.10 Å². The second-order valence-electron chi connectivity index (χ2n) is 5.43. The lowest BCUT2D eigenvalue weighted by atomic mass is 10.1. The van der Waals surface area contributed by atoms with Gasteiger partial charge in [0.2, 0.25) is 6.79 Å². The van der Waals surface area contributed by atoms with Crippen molar-refractivity contribution < 1.29 is 14.6 Å². The van der Waals surface area contributed by atoms with E-state index in [9.17, 15) is 5.11 Å². The van der Waals surface area contributed by atoms with Crippen LogP contribution in [0.2, 0.25) is 0 Å². The highest BCUT2D eigenvalue weighted by molar-refractivity contribution is 5.45. The van der Waals surface area contributed by atoms with Gasteiger partial charge >= 0.3 is 0 Å². The smallest absolute Gasteiger partial charge is 0.231 e. The van der Waals surface area contributed by atoms with E-state index in [0.717, 1.165) is 23.0 Å². The van der Waals surface area contributed by atoms with Crippen molar-refractivity contribution in [2.45, 2.75) is 38.3 Å². The number of aliphatic hydroxyl groups excluding tert-OH is 1. The van der Waals surface area contributed by atoms with Crippen LogP contribution in [0.25, 0.3) is 0 Å². The topological polar surface area (TPSA) is 50.7 Å². The molecule has 1 aliphatic heterocycles.